The number of hydrazone groups is 1. The van der Waals surface area contributed by atoms with E-state index in [9.17, 15) is 19.2 Å². The Morgan fingerprint density at radius 3 is 2.36 bits per heavy atom. The van der Waals surface area contributed by atoms with Crippen LogP contribution in [0.5, 0.6) is 0 Å². The van der Waals surface area contributed by atoms with Gasteiger partial charge in [-0.1, -0.05) is 18.2 Å². The molecule has 28 heavy (non-hydrogen) atoms. The number of carbonyl (C=O) groups is 4. The second-order valence-corrected chi connectivity index (χ2v) is 6.58. The summed E-state index contributed by atoms with van der Waals surface area (Å²) in [6.07, 6.45) is 0.0101. The molecule has 7 heteroatoms. The number of carboxylic acids is 1. The molecule has 1 aliphatic rings. The molecule has 1 unspecified atom stereocenters. The molecule has 1 atom stereocenters. The maximum absolute atomic E-state index is 12.8. The molecule has 1 heterocycles. The average Bonchev–Trinajstić information content (AvgIpc) is 2.96. The molecule has 0 bridgehead atoms. The number of benzene rings is 2. The number of anilines is 1. The zero-order valence-corrected chi connectivity index (χ0v) is 15.4. The monoisotopic (exact) mass is 378 g/mol. The Morgan fingerprint density at radius 2 is 1.75 bits per heavy atom. The van der Waals surface area contributed by atoms with Crippen LogP contribution >= 0.6 is 0 Å². The van der Waals surface area contributed by atoms with Crippen molar-refractivity contribution in [2.24, 2.45) is 11.0 Å². The molecule has 0 aliphatic carbocycles. The maximum atomic E-state index is 12.8. The Balaban J connectivity index is 1.78. The van der Waals surface area contributed by atoms with Gasteiger partial charge < -0.3 is 5.11 Å². The number of ketones is 2. The van der Waals surface area contributed by atoms with Crippen molar-refractivity contribution in [2.45, 2.75) is 20.3 Å². The summed E-state index contributed by atoms with van der Waals surface area (Å²) in [6.45, 7) is 3.06. The molecule has 0 saturated carbocycles. The lowest BCUT2D eigenvalue weighted by Gasteiger charge is -2.14. The van der Waals surface area contributed by atoms with Crippen molar-refractivity contribution in [3.05, 3.63) is 65.2 Å². The first-order chi connectivity index (χ1) is 13.3. The van der Waals surface area contributed by atoms with Gasteiger partial charge in [0, 0.05) is 12.0 Å². The zero-order chi connectivity index (χ0) is 20.4. The molecule has 142 valence electrons. The van der Waals surface area contributed by atoms with Gasteiger partial charge in [-0.15, -0.1) is 0 Å². The first kappa shape index (κ1) is 19.2. The van der Waals surface area contributed by atoms with Gasteiger partial charge in [-0.05, 0) is 49.7 Å². The van der Waals surface area contributed by atoms with Gasteiger partial charge >= 0.3 is 5.97 Å². The lowest BCUT2D eigenvalue weighted by atomic mass is 9.93. The quantitative estimate of drug-likeness (QED) is 0.615. The van der Waals surface area contributed by atoms with Crippen molar-refractivity contribution in [3.8, 4) is 0 Å². The average molecular weight is 378 g/mol. The van der Waals surface area contributed by atoms with Crippen molar-refractivity contribution in [1.29, 1.82) is 0 Å². The Bertz CT molecular complexity index is 1010. The third-order valence-corrected chi connectivity index (χ3v) is 4.52. The van der Waals surface area contributed by atoms with Crippen LogP contribution in [0.3, 0.4) is 0 Å². The van der Waals surface area contributed by atoms with Crippen LogP contribution in [0.4, 0.5) is 5.69 Å². The molecule has 2 aromatic carbocycles. The highest BCUT2D eigenvalue weighted by molar-refractivity contribution is 6.27. The molecular weight excluding hydrogens is 360 g/mol. The van der Waals surface area contributed by atoms with Crippen LogP contribution in [0.25, 0.3) is 0 Å². The minimum Gasteiger partial charge on any atom is -0.478 e. The molecule has 1 N–H and O–H groups in total. The molecule has 2 aromatic rings. The third-order valence-electron chi connectivity index (χ3n) is 4.52. The third kappa shape index (κ3) is 3.73. The molecule has 3 rings (SSSR count). The summed E-state index contributed by atoms with van der Waals surface area (Å²) in [5.74, 6) is -2.95. The molecule has 0 saturated heterocycles. The zero-order valence-electron chi connectivity index (χ0n) is 15.4. The molecule has 7 nitrogen and oxygen atoms in total. The summed E-state index contributed by atoms with van der Waals surface area (Å²) >= 11 is 0. The van der Waals surface area contributed by atoms with E-state index in [0.29, 0.717) is 22.5 Å². The van der Waals surface area contributed by atoms with Gasteiger partial charge in [-0.2, -0.15) is 10.1 Å². The summed E-state index contributed by atoms with van der Waals surface area (Å²) in [7, 11) is 0. The fraction of sp³-hybridized carbons (Fsp3) is 0.190. The number of nitrogens with zero attached hydrogens (tertiary/aromatic N) is 2. The van der Waals surface area contributed by atoms with Crippen LogP contribution in [0, 0.1) is 5.92 Å². The standard InChI is InChI=1S/C21H18N2O5/c1-12-19(18(25)11-14-4-3-5-16(10-14)13(2)24)20(26)23(22-12)17-8-6-15(7-9-17)21(27)28/h3-10,19H,11H2,1-2H3,(H,27,28). The lowest BCUT2D eigenvalue weighted by molar-refractivity contribution is -0.128. The highest BCUT2D eigenvalue weighted by Crippen LogP contribution is 2.26. The van der Waals surface area contributed by atoms with Crippen molar-refractivity contribution in [3.63, 3.8) is 0 Å². The van der Waals surface area contributed by atoms with Gasteiger partial charge in [0.15, 0.2) is 11.6 Å². The lowest BCUT2D eigenvalue weighted by Crippen LogP contribution is -2.33. The first-order valence-corrected chi connectivity index (χ1v) is 8.63. The Kier molecular flexibility index (Phi) is 5.17. The van der Waals surface area contributed by atoms with E-state index in [4.69, 9.17) is 5.11 Å². The summed E-state index contributed by atoms with van der Waals surface area (Å²) < 4.78 is 0. The molecule has 0 aromatic heterocycles. The van der Waals surface area contributed by atoms with Gasteiger partial charge in [0.1, 0.15) is 5.92 Å². The van der Waals surface area contributed by atoms with E-state index in [1.54, 1.807) is 31.2 Å². The van der Waals surface area contributed by atoms with Crippen molar-refractivity contribution >= 4 is 34.8 Å². The molecular formula is C21H18N2O5. The smallest absolute Gasteiger partial charge is 0.335 e. The summed E-state index contributed by atoms with van der Waals surface area (Å²) in [6, 6.07) is 12.4. The van der Waals surface area contributed by atoms with Crippen LogP contribution in [-0.2, 0) is 16.0 Å². The molecule has 1 aliphatic heterocycles. The van der Waals surface area contributed by atoms with E-state index in [0.717, 1.165) is 5.01 Å². The predicted octanol–water partition coefficient (Wildman–Crippen LogP) is 2.74. The van der Waals surface area contributed by atoms with Gasteiger partial charge in [0.2, 0.25) is 0 Å². The van der Waals surface area contributed by atoms with Crippen LogP contribution in [0.15, 0.2) is 53.6 Å². The minimum atomic E-state index is -1.07. The van der Waals surface area contributed by atoms with E-state index in [1.165, 1.54) is 31.2 Å². The molecule has 0 spiro atoms. The minimum absolute atomic E-state index is 0.0101. The summed E-state index contributed by atoms with van der Waals surface area (Å²) in [4.78, 5) is 48.0. The number of Topliss-reactive ketones (excluding diaryl/α,β-unsaturated/α-hetero) is 2. The van der Waals surface area contributed by atoms with Crippen LogP contribution in [0.2, 0.25) is 0 Å². The number of aromatic carboxylic acids is 1. The van der Waals surface area contributed by atoms with E-state index < -0.39 is 17.8 Å². The molecule has 0 fully saturated rings. The van der Waals surface area contributed by atoms with Crippen LogP contribution in [-0.4, -0.2) is 34.3 Å². The normalized spacial score (nSPS) is 16.1. The summed E-state index contributed by atoms with van der Waals surface area (Å²) in [5, 5.41) is 14.3. The van der Waals surface area contributed by atoms with E-state index in [-0.39, 0.29) is 23.6 Å². The second-order valence-electron chi connectivity index (χ2n) is 6.58. The fourth-order valence-corrected chi connectivity index (χ4v) is 3.07. The Hall–Kier alpha value is -3.61. The van der Waals surface area contributed by atoms with E-state index >= 15 is 0 Å². The van der Waals surface area contributed by atoms with Crippen LogP contribution < -0.4 is 5.01 Å². The maximum Gasteiger partial charge on any atom is 0.335 e. The highest BCUT2D eigenvalue weighted by atomic mass is 16.4. The van der Waals surface area contributed by atoms with Crippen molar-refractivity contribution < 1.29 is 24.3 Å². The first-order valence-electron chi connectivity index (χ1n) is 8.63. The largest absolute Gasteiger partial charge is 0.478 e. The van der Waals surface area contributed by atoms with Gasteiger partial charge in [0.25, 0.3) is 5.91 Å². The van der Waals surface area contributed by atoms with Gasteiger partial charge in [0.05, 0.1) is 17.0 Å². The number of carboxylic acid groups (broad SMARTS) is 1. The van der Waals surface area contributed by atoms with Crippen molar-refractivity contribution in [2.75, 3.05) is 5.01 Å². The Morgan fingerprint density at radius 1 is 1.07 bits per heavy atom. The van der Waals surface area contributed by atoms with Gasteiger partial charge in [-0.3, -0.25) is 14.4 Å². The molecule has 0 radical (unpaired) electrons. The summed E-state index contributed by atoms with van der Waals surface area (Å²) in [5.41, 5.74) is 2.02. The van der Waals surface area contributed by atoms with E-state index in [2.05, 4.69) is 5.10 Å². The van der Waals surface area contributed by atoms with E-state index in [1.807, 2.05) is 0 Å². The fourth-order valence-electron chi connectivity index (χ4n) is 3.07. The van der Waals surface area contributed by atoms with Gasteiger partial charge in [-0.25, -0.2) is 4.79 Å². The topological polar surface area (TPSA) is 104 Å². The Labute approximate surface area is 161 Å². The SMILES string of the molecule is CC(=O)c1cccc(CC(=O)C2C(=O)N(c3ccc(C(=O)O)cc3)N=C2C)c1. The number of hydrogen-bond donors (Lipinski definition) is 1. The second kappa shape index (κ2) is 7.56. The predicted molar refractivity (Wildman–Crippen MR) is 103 cm³/mol. The highest BCUT2D eigenvalue weighted by Gasteiger charge is 2.39. The number of amides is 1. The van der Waals surface area contributed by atoms with Crippen LogP contribution in [0.1, 0.15) is 40.1 Å². The molecule has 1 amide bonds. The number of hydrogen-bond acceptors (Lipinski definition) is 5. The number of carbonyl (C=O) groups excluding carboxylic acids is 3. The van der Waals surface area contributed by atoms with Crippen molar-refractivity contribution in [1.82, 2.24) is 0 Å². The number of rotatable bonds is 6.